The Morgan fingerprint density at radius 1 is 1.33 bits per heavy atom. The topological polar surface area (TPSA) is 53.1 Å². The normalized spacial score (nSPS) is 10.7. The van der Waals surface area contributed by atoms with Crippen LogP contribution >= 0.6 is 11.6 Å². The summed E-state index contributed by atoms with van der Waals surface area (Å²) in [4.78, 5) is 0. The molecule has 4 nitrogen and oxygen atoms in total. The fraction of sp³-hybridized carbons (Fsp3) is 0.308. The van der Waals surface area contributed by atoms with Crippen molar-refractivity contribution in [3.63, 3.8) is 0 Å². The third-order valence-electron chi connectivity index (χ3n) is 2.84. The van der Waals surface area contributed by atoms with Gasteiger partial charge in [-0.1, -0.05) is 11.6 Å². The van der Waals surface area contributed by atoms with E-state index in [1.54, 1.807) is 13.2 Å². The maximum atomic E-state index is 6.09. The Balaban J connectivity index is 2.61. The third-order valence-corrected chi connectivity index (χ3v) is 3.24. The molecule has 2 aromatic rings. The van der Waals surface area contributed by atoms with E-state index in [0.717, 1.165) is 22.6 Å². The van der Waals surface area contributed by atoms with Gasteiger partial charge < -0.3 is 10.5 Å². The molecule has 96 valence electrons. The van der Waals surface area contributed by atoms with E-state index in [9.17, 15) is 0 Å². The summed E-state index contributed by atoms with van der Waals surface area (Å²) in [5, 5.41) is 5.13. The van der Waals surface area contributed by atoms with Crippen LogP contribution in [0.25, 0.3) is 5.69 Å². The average Bonchev–Trinajstić information content (AvgIpc) is 2.73. The number of nitrogens with two attached hydrogens (primary N) is 1. The van der Waals surface area contributed by atoms with E-state index in [1.165, 1.54) is 0 Å². The maximum Gasteiger partial charge on any atom is 0.146 e. The second-order valence-corrected chi connectivity index (χ2v) is 4.57. The molecule has 2 rings (SSSR count). The summed E-state index contributed by atoms with van der Waals surface area (Å²) >= 11 is 6.09. The van der Waals surface area contributed by atoms with Crippen molar-refractivity contribution in [1.29, 1.82) is 0 Å². The van der Waals surface area contributed by atoms with Crippen molar-refractivity contribution in [1.82, 2.24) is 9.78 Å². The highest BCUT2D eigenvalue weighted by molar-refractivity contribution is 6.31. The van der Waals surface area contributed by atoms with Gasteiger partial charge in [0.25, 0.3) is 0 Å². The number of aryl methyl sites for hydroxylation is 2. The van der Waals surface area contributed by atoms with E-state index in [0.29, 0.717) is 17.3 Å². The second-order valence-electron chi connectivity index (χ2n) is 4.17. The zero-order chi connectivity index (χ0) is 13.3. The fourth-order valence-electron chi connectivity index (χ4n) is 1.86. The predicted molar refractivity (Wildman–Crippen MR) is 72.5 cm³/mol. The fourth-order valence-corrected chi connectivity index (χ4v) is 2.01. The molecule has 1 aromatic heterocycles. The van der Waals surface area contributed by atoms with Gasteiger partial charge in [0.15, 0.2) is 0 Å². The number of benzene rings is 1. The number of methoxy groups -OCH3 is 1. The number of rotatable bonds is 3. The van der Waals surface area contributed by atoms with E-state index < -0.39 is 0 Å². The minimum absolute atomic E-state index is 0.419. The van der Waals surface area contributed by atoms with Gasteiger partial charge >= 0.3 is 0 Å². The van der Waals surface area contributed by atoms with Crippen LogP contribution in [0.2, 0.25) is 5.02 Å². The summed E-state index contributed by atoms with van der Waals surface area (Å²) in [5.74, 6) is 0.695. The van der Waals surface area contributed by atoms with Crippen molar-refractivity contribution in [2.24, 2.45) is 5.73 Å². The Labute approximate surface area is 111 Å². The Morgan fingerprint density at radius 3 is 2.61 bits per heavy atom. The van der Waals surface area contributed by atoms with Crippen LogP contribution in [0.5, 0.6) is 5.75 Å². The second kappa shape index (κ2) is 5.00. The smallest absolute Gasteiger partial charge is 0.146 e. The first-order chi connectivity index (χ1) is 8.56. The Bertz CT molecular complexity index is 578. The van der Waals surface area contributed by atoms with Gasteiger partial charge in [0.05, 0.1) is 12.8 Å². The molecule has 0 saturated heterocycles. The van der Waals surface area contributed by atoms with Crippen molar-refractivity contribution in [3.05, 3.63) is 40.2 Å². The molecule has 0 unspecified atom stereocenters. The largest absolute Gasteiger partial charge is 0.494 e. The highest BCUT2D eigenvalue weighted by Gasteiger charge is 2.12. The van der Waals surface area contributed by atoms with Crippen LogP contribution in [0.15, 0.2) is 18.2 Å². The summed E-state index contributed by atoms with van der Waals surface area (Å²) in [6, 6.07) is 5.72. The lowest BCUT2D eigenvalue weighted by Gasteiger charge is -2.12. The first-order valence-electron chi connectivity index (χ1n) is 5.67. The standard InChI is InChI=1S/C13H16ClN3O/c1-8-4-12(13(18-3)6-11(8)14)17-9(2)5-10(7-15)16-17/h4-6H,7,15H2,1-3H3. The molecule has 0 fully saturated rings. The van der Waals surface area contributed by atoms with Gasteiger partial charge in [-0.2, -0.15) is 5.10 Å². The minimum Gasteiger partial charge on any atom is -0.494 e. The van der Waals surface area contributed by atoms with Crippen LogP contribution in [0.3, 0.4) is 0 Å². The van der Waals surface area contributed by atoms with Crippen LogP contribution in [0, 0.1) is 13.8 Å². The molecule has 0 spiro atoms. The van der Waals surface area contributed by atoms with E-state index in [-0.39, 0.29) is 0 Å². The molecular formula is C13H16ClN3O. The number of aromatic nitrogens is 2. The Hall–Kier alpha value is -1.52. The molecule has 0 amide bonds. The highest BCUT2D eigenvalue weighted by atomic mass is 35.5. The molecule has 0 aliphatic heterocycles. The molecule has 2 N–H and O–H groups in total. The van der Waals surface area contributed by atoms with Gasteiger partial charge in [0.1, 0.15) is 11.4 Å². The summed E-state index contributed by atoms with van der Waals surface area (Å²) in [6.45, 7) is 4.35. The van der Waals surface area contributed by atoms with Gasteiger partial charge in [-0.05, 0) is 31.5 Å². The number of nitrogens with zero attached hydrogens (tertiary/aromatic N) is 2. The molecule has 1 heterocycles. The van der Waals surface area contributed by atoms with Crippen molar-refractivity contribution < 1.29 is 4.74 Å². The highest BCUT2D eigenvalue weighted by Crippen LogP contribution is 2.30. The molecule has 0 aliphatic rings. The lowest BCUT2D eigenvalue weighted by Crippen LogP contribution is -2.04. The van der Waals surface area contributed by atoms with E-state index in [1.807, 2.05) is 30.7 Å². The van der Waals surface area contributed by atoms with E-state index in [4.69, 9.17) is 22.1 Å². The van der Waals surface area contributed by atoms with E-state index >= 15 is 0 Å². The monoisotopic (exact) mass is 265 g/mol. The maximum absolute atomic E-state index is 6.09. The van der Waals surface area contributed by atoms with Gasteiger partial charge in [0.2, 0.25) is 0 Å². The Kier molecular flexibility index (Phi) is 3.59. The van der Waals surface area contributed by atoms with Crippen molar-refractivity contribution in [2.75, 3.05) is 7.11 Å². The van der Waals surface area contributed by atoms with Crippen LogP contribution in [0.1, 0.15) is 17.0 Å². The summed E-state index contributed by atoms with van der Waals surface area (Å²) in [7, 11) is 1.62. The Morgan fingerprint density at radius 2 is 2.06 bits per heavy atom. The van der Waals surface area contributed by atoms with Crippen LogP contribution in [0.4, 0.5) is 0 Å². The molecule has 1 aromatic carbocycles. The van der Waals surface area contributed by atoms with Gasteiger partial charge in [-0.3, -0.25) is 0 Å². The summed E-state index contributed by atoms with van der Waals surface area (Å²) < 4.78 is 7.18. The van der Waals surface area contributed by atoms with Crippen LogP contribution in [-0.4, -0.2) is 16.9 Å². The molecule has 18 heavy (non-hydrogen) atoms. The molecule has 0 bridgehead atoms. The first kappa shape index (κ1) is 12.9. The molecule has 0 aliphatic carbocycles. The van der Waals surface area contributed by atoms with Crippen LogP contribution < -0.4 is 10.5 Å². The van der Waals surface area contributed by atoms with Gasteiger partial charge in [0, 0.05) is 23.3 Å². The lowest BCUT2D eigenvalue weighted by molar-refractivity contribution is 0.411. The molecule has 5 heteroatoms. The lowest BCUT2D eigenvalue weighted by atomic mass is 10.2. The van der Waals surface area contributed by atoms with Gasteiger partial charge in [-0.25, -0.2) is 4.68 Å². The van der Waals surface area contributed by atoms with Crippen molar-refractivity contribution in [3.8, 4) is 11.4 Å². The van der Waals surface area contributed by atoms with Gasteiger partial charge in [-0.15, -0.1) is 0 Å². The molecule has 0 saturated carbocycles. The first-order valence-corrected chi connectivity index (χ1v) is 6.04. The van der Waals surface area contributed by atoms with Crippen molar-refractivity contribution >= 4 is 11.6 Å². The number of halogens is 1. The zero-order valence-electron chi connectivity index (χ0n) is 10.7. The zero-order valence-corrected chi connectivity index (χ0v) is 11.5. The number of hydrogen-bond donors (Lipinski definition) is 1. The summed E-state index contributed by atoms with van der Waals surface area (Å²) in [6.07, 6.45) is 0. The minimum atomic E-state index is 0.419. The molecule has 0 atom stereocenters. The quantitative estimate of drug-likeness (QED) is 0.928. The number of hydrogen-bond acceptors (Lipinski definition) is 3. The van der Waals surface area contributed by atoms with Crippen molar-refractivity contribution in [2.45, 2.75) is 20.4 Å². The average molecular weight is 266 g/mol. The predicted octanol–water partition coefficient (Wildman–Crippen LogP) is 2.61. The number of ether oxygens (including phenoxy) is 1. The SMILES string of the molecule is COc1cc(Cl)c(C)cc1-n1nc(CN)cc1C. The summed E-state index contributed by atoms with van der Waals surface area (Å²) in [5.41, 5.74) is 9.32. The molecular weight excluding hydrogens is 250 g/mol. The van der Waals surface area contributed by atoms with Crippen LogP contribution in [-0.2, 0) is 6.54 Å². The van der Waals surface area contributed by atoms with E-state index in [2.05, 4.69) is 5.10 Å². The third kappa shape index (κ3) is 2.21. The molecule has 0 radical (unpaired) electrons.